The smallest absolute Gasteiger partial charge is 0.344 e. The van der Waals surface area contributed by atoms with Gasteiger partial charge in [-0.1, -0.05) is 30.3 Å². The third-order valence-corrected chi connectivity index (χ3v) is 3.81. The molecule has 0 aliphatic carbocycles. The van der Waals surface area contributed by atoms with Crippen molar-refractivity contribution in [2.75, 3.05) is 0 Å². The number of rotatable bonds is 2. The van der Waals surface area contributed by atoms with E-state index in [1.807, 2.05) is 43.3 Å². The Kier molecular flexibility index (Phi) is 3.71. The third kappa shape index (κ3) is 2.81. The van der Waals surface area contributed by atoms with E-state index >= 15 is 0 Å². The van der Waals surface area contributed by atoms with E-state index in [0.717, 1.165) is 11.1 Å². The molecule has 0 N–H and O–H groups in total. The minimum absolute atomic E-state index is 0.404. The molecule has 0 amide bonds. The minimum atomic E-state index is -0.404. The van der Waals surface area contributed by atoms with Crippen LogP contribution in [-0.2, 0) is 0 Å². The van der Waals surface area contributed by atoms with Gasteiger partial charge < -0.3 is 4.74 Å². The van der Waals surface area contributed by atoms with Gasteiger partial charge in [0, 0.05) is 15.6 Å². The molecule has 1 aromatic heterocycles. The third-order valence-electron chi connectivity index (χ3n) is 3.12. The Hall–Kier alpha value is -2.20. The van der Waals surface area contributed by atoms with Gasteiger partial charge in [-0.05, 0) is 47.1 Å². The summed E-state index contributed by atoms with van der Waals surface area (Å²) in [5.41, 5.74) is 2.06. The van der Waals surface area contributed by atoms with E-state index in [0.29, 0.717) is 21.3 Å². The first-order valence-electron chi connectivity index (χ1n) is 6.48. The Bertz CT molecular complexity index is 830. The number of fused-ring (bicyclic) bond motifs is 1. The molecule has 4 heteroatoms. The molecule has 21 heavy (non-hydrogen) atoms. The number of carbonyl (C=O) groups excluding carboxylic acids is 1. The van der Waals surface area contributed by atoms with E-state index in [4.69, 9.17) is 4.74 Å². The zero-order valence-corrected chi connectivity index (χ0v) is 12.9. The SMILES string of the molecule is Cc1ccc2cccc(OC(=O)c3ccccc3Br)c2n1. The van der Waals surface area contributed by atoms with Gasteiger partial charge in [-0.15, -0.1) is 0 Å². The predicted octanol–water partition coefficient (Wildman–Crippen LogP) is 4.52. The van der Waals surface area contributed by atoms with Crippen LogP contribution in [0.2, 0.25) is 0 Å². The van der Waals surface area contributed by atoms with Crippen LogP contribution in [0.15, 0.2) is 59.1 Å². The summed E-state index contributed by atoms with van der Waals surface area (Å²) < 4.78 is 6.23. The van der Waals surface area contributed by atoms with Crippen LogP contribution in [0.4, 0.5) is 0 Å². The van der Waals surface area contributed by atoms with E-state index in [1.54, 1.807) is 18.2 Å². The van der Waals surface area contributed by atoms with E-state index in [1.165, 1.54) is 0 Å². The lowest BCUT2D eigenvalue weighted by molar-refractivity contribution is 0.0736. The van der Waals surface area contributed by atoms with Crippen molar-refractivity contribution in [2.45, 2.75) is 6.92 Å². The first-order valence-corrected chi connectivity index (χ1v) is 7.27. The molecule has 0 fully saturated rings. The second-order valence-electron chi connectivity index (χ2n) is 4.65. The quantitative estimate of drug-likeness (QED) is 0.508. The van der Waals surface area contributed by atoms with Crippen LogP contribution in [-0.4, -0.2) is 11.0 Å². The van der Waals surface area contributed by atoms with Gasteiger partial charge in [-0.2, -0.15) is 0 Å². The standard InChI is InChI=1S/C17H12BrNO2/c1-11-9-10-12-5-4-8-15(16(12)19-11)21-17(20)13-6-2-3-7-14(13)18/h2-10H,1H3. The number of aromatic nitrogens is 1. The number of halogens is 1. The summed E-state index contributed by atoms with van der Waals surface area (Å²) in [7, 11) is 0. The molecule has 2 aromatic carbocycles. The average molecular weight is 342 g/mol. The maximum atomic E-state index is 12.3. The number of carbonyl (C=O) groups is 1. The topological polar surface area (TPSA) is 39.2 Å². The maximum Gasteiger partial charge on any atom is 0.344 e. The van der Waals surface area contributed by atoms with Gasteiger partial charge in [-0.3, -0.25) is 0 Å². The molecule has 0 spiro atoms. The number of hydrogen-bond acceptors (Lipinski definition) is 3. The monoisotopic (exact) mass is 341 g/mol. The van der Waals surface area contributed by atoms with Crippen molar-refractivity contribution < 1.29 is 9.53 Å². The summed E-state index contributed by atoms with van der Waals surface area (Å²) in [6, 6.07) is 16.6. The average Bonchev–Trinajstić information content (AvgIpc) is 2.48. The van der Waals surface area contributed by atoms with Crippen LogP contribution in [0.3, 0.4) is 0 Å². The molecule has 0 aliphatic rings. The lowest BCUT2D eigenvalue weighted by atomic mass is 10.2. The number of nitrogens with zero attached hydrogens (tertiary/aromatic N) is 1. The zero-order valence-electron chi connectivity index (χ0n) is 11.3. The van der Waals surface area contributed by atoms with Crippen LogP contribution in [0, 0.1) is 6.92 Å². The van der Waals surface area contributed by atoms with Crippen molar-refractivity contribution in [3.63, 3.8) is 0 Å². The van der Waals surface area contributed by atoms with Gasteiger partial charge >= 0.3 is 5.97 Å². The van der Waals surface area contributed by atoms with Crippen LogP contribution < -0.4 is 4.74 Å². The highest BCUT2D eigenvalue weighted by Gasteiger charge is 2.14. The maximum absolute atomic E-state index is 12.3. The molecule has 3 rings (SSSR count). The molecular weight excluding hydrogens is 330 g/mol. The molecule has 0 saturated carbocycles. The van der Waals surface area contributed by atoms with E-state index in [2.05, 4.69) is 20.9 Å². The molecule has 3 aromatic rings. The van der Waals surface area contributed by atoms with E-state index in [9.17, 15) is 4.79 Å². The minimum Gasteiger partial charge on any atom is -0.421 e. The van der Waals surface area contributed by atoms with E-state index < -0.39 is 5.97 Å². The van der Waals surface area contributed by atoms with Gasteiger partial charge in [-0.25, -0.2) is 9.78 Å². The molecule has 0 aliphatic heterocycles. The highest BCUT2D eigenvalue weighted by atomic mass is 79.9. The Labute approximate surface area is 130 Å². The second-order valence-corrected chi connectivity index (χ2v) is 5.50. The lowest BCUT2D eigenvalue weighted by Gasteiger charge is -2.08. The highest BCUT2D eigenvalue weighted by molar-refractivity contribution is 9.10. The van der Waals surface area contributed by atoms with Crippen molar-refractivity contribution in [2.24, 2.45) is 0 Å². The number of esters is 1. The van der Waals surface area contributed by atoms with Crippen molar-refractivity contribution in [3.8, 4) is 5.75 Å². The fourth-order valence-corrected chi connectivity index (χ4v) is 2.53. The molecule has 104 valence electrons. The van der Waals surface area contributed by atoms with Crippen LogP contribution in [0.1, 0.15) is 16.1 Å². The van der Waals surface area contributed by atoms with Crippen LogP contribution in [0.25, 0.3) is 10.9 Å². The molecule has 0 bridgehead atoms. The molecule has 1 heterocycles. The molecule has 0 saturated heterocycles. The summed E-state index contributed by atoms with van der Waals surface area (Å²) in [4.78, 5) is 16.7. The lowest BCUT2D eigenvalue weighted by Crippen LogP contribution is -2.09. The normalized spacial score (nSPS) is 10.6. The van der Waals surface area contributed by atoms with E-state index in [-0.39, 0.29) is 0 Å². The summed E-state index contributed by atoms with van der Waals surface area (Å²) in [6.07, 6.45) is 0. The number of para-hydroxylation sites is 1. The first-order chi connectivity index (χ1) is 10.1. The van der Waals surface area contributed by atoms with Crippen molar-refractivity contribution >= 4 is 32.8 Å². The van der Waals surface area contributed by atoms with Gasteiger partial charge in [0.15, 0.2) is 5.75 Å². The predicted molar refractivity (Wildman–Crippen MR) is 85.6 cm³/mol. The molecule has 0 atom stereocenters. The van der Waals surface area contributed by atoms with Gasteiger partial charge in [0.25, 0.3) is 0 Å². The summed E-state index contributed by atoms with van der Waals surface area (Å²) >= 11 is 3.36. The highest BCUT2D eigenvalue weighted by Crippen LogP contribution is 2.26. The fraction of sp³-hybridized carbons (Fsp3) is 0.0588. The number of ether oxygens (including phenoxy) is 1. The van der Waals surface area contributed by atoms with Crippen molar-refractivity contribution in [3.05, 3.63) is 70.3 Å². The Morgan fingerprint density at radius 2 is 1.86 bits per heavy atom. The Morgan fingerprint density at radius 3 is 2.67 bits per heavy atom. The zero-order chi connectivity index (χ0) is 14.8. The summed E-state index contributed by atoms with van der Waals surface area (Å²) in [6.45, 7) is 1.91. The van der Waals surface area contributed by atoms with Gasteiger partial charge in [0.05, 0.1) is 5.56 Å². The first kappa shape index (κ1) is 13.8. The fourth-order valence-electron chi connectivity index (χ4n) is 2.08. The molecular formula is C17H12BrNO2. The Morgan fingerprint density at radius 1 is 1.05 bits per heavy atom. The largest absolute Gasteiger partial charge is 0.421 e. The molecule has 0 unspecified atom stereocenters. The summed E-state index contributed by atoms with van der Waals surface area (Å²) in [5.74, 6) is 0.0650. The number of pyridine rings is 1. The summed E-state index contributed by atoms with van der Waals surface area (Å²) in [5, 5.41) is 0.943. The Balaban J connectivity index is 2.00. The number of hydrogen-bond donors (Lipinski definition) is 0. The second kappa shape index (κ2) is 5.66. The van der Waals surface area contributed by atoms with Gasteiger partial charge in [0.1, 0.15) is 5.52 Å². The van der Waals surface area contributed by atoms with Crippen molar-refractivity contribution in [1.29, 1.82) is 0 Å². The van der Waals surface area contributed by atoms with Crippen molar-refractivity contribution in [1.82, 2.24) is 4.98 Å². The molecule has 0 radical (unpaired) electrons. The number of aryl methyl sites for hydroxylation is 1. The molecule has 3 nitrogen and oxygen atoms in total. The van der Waals surface area contributed by atoms with Crippen LogP contribution in [0.5, 0.6) is 5.75 Å². The number of benzene rings is 2. The van der Waals surface area contributed by atoms with Crippen LogP contribution >= 0.6 is 15.9 Å². The van der Waals surface area contributed by atoms with Gasteiger partial charge in [0.2, 0.25) is 0 Å².